The van der Waals surface area contributed by atoms with Crippen LogP contribution in [0.1, 0.15) is 35.3 Å². The lowest BCUT2D eigenvalue weighted by Crippen LogP contribution is -2.28. The topological polar surface area (TPSA) is 32.3 Å². The largest absolute Gasteiger partial charge is 0.378 e. The molecule has 0 saturated carbocycles. The fraction of sp³-hybridized carbons (Fsp3) is 0.278. The van der Waals surface area contributed by atoms with Gasteiger partial charge in [-0.25, -0.2) is 0 Å². The van der Waals surface area contributed by atoms with Gasteiger partial charge in [-0.1, -0.05) is 30.7 Å². The number of amides is 1. The second-order valence-corrected chi connectivity index (χ2v) is 5.86. The van der Waals surface area contributed by atoms with Gasteiger partial charge >= 0.3 is 0 Å². The molecule has 0 fully saturated rings. The molecule has 4 heteroatoms. The van der Waals surface area contributed by atoms with Gasteiger partial charge in [-0.2, -0.15) is 0 Å². The third kappa shape index (κ3) is 4.01. The SMILES string of the molecule is CC[C@@H](NC(=O)c1ccc(N(C)C)cc1)c1ccc(Cl)cc1. The Balaban J connectivity index is 2.10. The lowest BCUT2D eigenvalue weighted by atomic mass is 10.0. The van der Waals surface area contributed by atoms with Gasteiger partial charge in [0.1, 0.15) is 0 Å². The van der Waals surface area contributed by atoms with Crippen molar-refractivity contribution in [2.45, 2.75) is 19.4 Å². The maximum absolute atomic E-state index is 12.4. The van der Waals surface area contributed by atoms with Gasteiger partial charge in [0.05, 0.1) is 6.04 Å². The van der Waals surface area contributed by atoms with Crippen LogP contribution in [0.25, 0.3) is 0 Å². The van der Waals surface area contributed by atoms with E-state index in [9.17, 15) is 4.79 Å². The van der Waals surface area contributed by atoms with Crippen LogP contribution >= 0.6 is 11.6 Å². The molecule has 0 aliphatic heterocycles. The highest BCUT2D eigenvalue weighted by Crippen LogP contribution is 2.20. The standard InChI is InChI=1S/C18H21ClN2O/c1-4-17(13-5-9-15(19)10-6-13)20-18(22)14-7-11-16(12-8-14)21(2)3/h5-12,17H,4H2,1-3H3,(H,20,22)/t17-/m1/s1. The van der Waals surface area contributed by atoms with Gasteiger partial charge in [0.25, 0.3) is 5.91 Å². The lowest BCUT2D eigenvalue weighted by molar-refractivity contribution is 0.0935. The van der Waals surface area contributed by atoms with E-state index in [0.717, 1.165) is 17.7 Å². The van der Waals surface area contributed by atoms with Crippen LogP contribution in [0.2, 0.25) is 5.02 Å². The van der Waals surface area contributed by atoms with E-state index in [1.807, 2.05) is 67.5 Å². The Bertz CT molecular complexity index is 621. The Hall–Kier alpha value is -2.00. The number of anilines is 1. The van der Waals surface area contributed by atoms with Crippen molar-refractivity contribution < 1.29 is 4.79 Å². The Kier molecular flexibility index (Phi) is 5.45. The zero-order valence-corrected chi connectivity index (χ0v) is 13.9. The highest BCUT2D eigenvalue weighted by molar-refractivity contribution is 6.30. The summed E-state index contributed by atoms with van der Waals surface area (Å²) in [4.78, 5) is 14.4. The Labute approximate surface area is 136 Å². The van der Waals surface area contributed by atoms with Crippen molar-refractivity contribution in [2.75, 3.05) is 19.0 Å². The van der Waals surface area contributed by atoms with E-state index in [4.69, 9.17) is 11.6 Å². The van der Waals surface area contributed by atoms with Crippen LogP contribution in [0.5, 0.6) is 0 Å². The first-order valence-electron chi connectivity index (χ1n) is 7.35. The van der Waals surface area contributed by atoms with Gasteiger partial charge in [-0.3, -0.25) is 4.79 Å². The molecular formula is C18H21ClN2O. The lowest BCUT2D eigenvalue weighted by Gasteiger charge is -2.18. The molecule has 0 aromatic heterocycles. The number of nitrogens with one attached hydrogen (secondary N) is 1. The molecule has 2 aromatic carbocycles. The predicted octanol–water partition coefficient (Wildman–Crippen LogP) is 4.29. The van der Waals surface area contributed by atoms with Crippen LogP contribution in [0.4, 0.5) is 5.69 Å². The number of rotatable bonds is 5. The number of carbonyl (C=O) groups is 1. The minimum absolute atomic E-state index is 0.0155. The second-order valence-electron chi connectivity index (χ2n) is 5.43. The first-order valence-corrected chi connectivity index (χ1v) is 7.72. The first kappa shape index (κ1) is 16.4. The van der Waals surface area contributed by atoms with Gasteiger partial charge in [-0.05, 0) is 48.4 Å². The number of halogens is 1. The molecule has 0 saturated heterocycles. The molecule has 1 amide bonds. The number of carbonyl (C=O) groups excluding carboxylic acids is 1. The highest BCUT2D eigenvalue weighted by atomic mass is 35.5. The van der Waals surface area contributed by atoms with E-state index in [1.165, 1.54) is 0 Å². The maximum atomic E-state index is 12.4. The fourth-order valence-corrected chi connectivity index (χ4v) is 2.39. The average Bonchev–Trinajstić information content (AvgIpc) is 2.53. The summed E-state index contributed by atoms with van der Waals surface area (Å²) in [5.74, 6) is -0.0629. The Morgan fingerprint density at radius 3 is 2.18 bits per heavy atom. The first-order chi connectivity index (χ1) is 10.5. The maximum Gasteiger partial charge on any atom is 0.251 e. The fourth-order valence-electron chi connectivity index (χ4n) is 2.27. The minimum Gasteiger partial charge on any atom is -0.378 e. The quantitative estimate of drug-likeness (QED) is 0.892. The monoisotopic (exact) mass is 316 g/mol. The number of nitrogens with zero attached hydrogens (tertiary/aromatic N) is 1. The van der Waals surface area contributed by atoms with Crippen molar-refractivity contribution in [1.29, 1.82) is 0 Å². The smallest absolute Gasteiger partial charge is 0.251 e. The molecule has 2 aromatic rings. The van der Waals surface area contributed by atoms with Gasteiger partial charge < -0.3 is 10.2 Å². The summed E-state index contributed by atoms with van der Waals surface area (Å²) < 4.78 is 0. The summed E-state index contributed by atoms with van der Waals surface area (Å²) in [7, 11) is 3.95. The van der Waals surface area contributed by atoms with Crippen molar-refractivity contribution in [1.82, 2.24) is 5.32 Å². The van der Waals surface area contributed by atoms with Gasteiger partial charge in [0.2, 0.25) is 0 Å². The van der Waals surface area contributed by atoms with Crippen molar-refractivity contribution in [3.8, 4) is 0 Å². The van der Waals surface area contributed by atoms with Gasteiger partial charge in [0, 0.05) is 30.4 Å². The van der Waals surface area contributed by atoms with E-state index in [2.05, 4.69) is 12.2 Å². The third-order valence-corrected chi connectivity index (χ3v) is 3.88. The van der Waals surface area contributed by atoms with Gasteiger partial charge in [-0.15, -0.1) is 0 Å². The van der Waals surface area contributed by atoms with E-state index in [1.54, 1.807) is 0 Å². The Morgan fingerprint density at radius 2 is 1.68 bits per heavy atom. The van der Waals surface area contributed by atoms with Crippen LogP contribution in [0.3, 0.4) is 0 Å². The molecule has 0 unspecified atom stereocenters. The van der Waals surface area contributed by atoms with Crippen molar-refractivity contribution in [2.24, 2.45) is 0 Å². The molecule has 22 heavy (non-hydrogen) atoms. The summed E-state index contributed by atoms with van der Waals surface area (Å²) in [6.45, 7) is 2.05. The molecule has 1 atom stereocenters. The molecule has 0 radical (unpaired) electrons. The summed E-state index contributed by atoms with van der Waals surface area (Å²) in [6.07, 6.45) is 0.823. The van der Waals surface area contributed by atoms with Crippen LogP contribution in [0.15, 0.2) is 48.5 Å². The molecule has 116 valence electrons. The van der Waals surface area contributed by atoms with Crippen LogP contribution in [0, 0.1) is 0 Å². The zero-order chi connectivity index (χ0) is 16.1. The molecule has 0 heterocycles. The van der Waals surface area contributed by atoms with Gasteiger partial charge in [0.15, 0.2) is 0 Å². The van der Waals surface area contributed by atoms with Crippen LogP contribution < -0.4 is 10.2 Å². The second kappa shape index (κ2) is 7.32. The summed E-state index contributed by atoms with van der Waals surface area (Å²) in [6, 6.07) is 15.2. The van der Waals surface area contributed by atoms with E-state index < -0.39 is 0 Å². The predicted molar refractivity (Wildman–Crippen MR) is 92.7 cm³/mol. The van der Waals surface area contributed by atoms with Crippen LogP contribution in [-0.2, 0) is 0 Å². The minimum atomic E-state index is -0.0629. The number of hydrogen-bond acceptors (Lipinski definition) is 2. The molecule has 3 nitrogen and oxygen atoms in total. The summed E-state index contributed by atoms with van der Waals surface area (Å²) >= 11 is 5.91. The molecular weight excluding hydrogens is 296 g/mol. The molecule has 0 spiro atoms. The van der Waals surface area contributed by atoms with Crippen molar-refractivity contribution >= 4 is 23.2 Å². The molecule has 0 bridgehead atoms. The van der Waals surface area contributed by atoms with E-state index in [0.29, 0.717) is 10.6 Å². The van der Waals surface area contributed by atoms with E-state index >= 15 is 0 Å². The summed E-state index contributed by atoms with van der Waals surface area (Å²) in [5, 5.41) is 3.77. The number of hydrogen-bond donors (Lipinski definition) is 1. The Morgan fingerprint density at radius 1 is 1.09 bits per heavy atom. The molecule has 2 rings (SSSR count). The summed E-state index contributed by atoms with van der Waals surface area (Å²) in [5.41, 5.74) is 2.80. The normalized spacial score (nSPS) is 11.8. The average molecular weight is 317 g/mol. The molecule has 1 N–H and O–H groups in total. The molecule has 0 aliphatic carbocycles. The molecule has 0 aliphatic rings. The van der Waals surface area contributed by atoms with Crippen LogP contribution in [-0.4, -0.2) is 20.0 Å². The van der Waals surface area contributed by atoms with Crippen molar-refractivity contribution in [3.05, 3.63) is 64.7 Å². The highest BCUT2D eigenvalue weighted by Gasteiger charge is 2.14. The zero-order valence-electron chi connectivity index (χ0n) is 13.1. The van der Waals surface area contributed by atoms with E-state index in [-0.39, 0.29) is 11.9 Å². The van der Waals surface area contributed by atoms with Crippen molar-refractivity contribution in [3.63, 3.8) is 0 Å². The third-order valence-electron chi connectivity index (χ3n) is 3.63. The number of benzene rings is 2.